The van der Waals surface area contributed by atoms with Crippen LogP contribution in [0.3, 0.4) is 0 Å². The molecule has 2 rings (SSSR count). The van der Waals surface area contributed by atoms with Gasteiger partial charge in [0.15, 0.2) is 0 Å². The van der Waals surface area contributed by atoms with Crippen molar-refractivity contribution in [3.05, 3.63) is 58.9 Å². The van der Waals surface area contributed by atoms with Gasteiger partial charge in [0.25, 0.3) is 0 Å². The molecule has 1 atom stereocenters. The molecule has 0 saturated heterocycles. The fraction of sp³-hybridized carbons (Fsp3) is 0.294. The summed E-state index contributed by atoms with van der Waals surface area (Å²) in [6, 6.07) is 7.47. The van der Waals surface area contributed by atoms with Crippen LogP contribution in [0.4, 0.5) is 13.2 Å². The Kier molecular flexibility index (Phi) is 4.73. The Labute approximate surface area is 132 Å². The molecule has 0 radical (unpaired) electrons. The van der Waals surface area contributed by atoms with E-state index in [9.17, 15) is 18.0 Å². The largest absolute Gasteiger partial charge is 0.496 e. The van der Waals surface area contributed by atoms with Gasteiger partial charge in [-0.2, -0.15) is 13.2 Å². The highest BCUT2D eigenvalue weighted by Gasteiger charge is 2.32. The van der Waals surface area contributed by atoms with Gasteiger partial charge in [-0.1, -0.05) is 18.2 Å². The molecule has 1 unspecified atom stereocenters. The van der Waals surface area contributed by atoms with Crippen LogP contribution in [-0.2, 0) is 11.0 Å². The number of carbonyl (C=O) groups excluding carboxylic acids is 1. The van der Waals surface area contributed by atoms with Gasteiger partial charge < -0.3 is 4.74 Å². The molecule has 1 aromatic carbocycles. The Balaban J connectivity index is 2.45. The topological polar surface area (TPSA) is 39.2 Å². The molecule has 0 aliphatic heterocycles. The number of hydrogen-bond donors (Lipinski definition) is 0. The van der Waals surface area contributed by atoms with Gasteiger partial charge in [0.05, 0.1) is 13.0 Å². The minimum absolute atomic E-state index is 0.183. The summed E-state index contributed by atoms with van der Waals surface area (Å²) in [6.07, 6.45) is -3.40. The number of ketones is 1. The van der Waals surface area contributed by atoms with Crippen LogP contribution in [0.1, 0.15) is 35.2 Å². The molecule has 122 valence electrons. The van der Waals surface area contributed by atoms with E-state index in [0.29, 0.717) is 16.9 Å². The molecule has 1 heterocycles. The summed E-state index contributed by atoms with van der Waals surface area (Å²) in [5, 5.41) is 0. The molecule has 0 bridgehead atoms. The van der Waals surface area contributed by atoms with Crippen molar-refractivity contribution >= 4 is 5.78 Å². The Morgan fingerprint density at radius 3 is 2.30 bits per heavy atom. The molecule has 1 aromatic heterocycles. The first kappa shape index (κ1) is 17.0. The van der Waals surface area contributed by atoms with Crippen LogP contribution in [0.15, 0.2) is 36.5 Å². The molecular formula is C17H16F3NO2. The van der Waals surface area contributed by atoms with Crippen LogP contribution in [0.25, 0.3) is 0 Å². The summed E-state index contributed by atoms with van der Waals surface area (Å²) in [6.45, 7) is 3.26. The maximum absolute atomic E-state index is 12.6. The van der Waals surface area contributed by atoms with E-state index in [1.807, 2.05) is 13.0 Å². The molecule has 0 amide bonds. The smallest absolute Gasteiger partial charge is 0.433 e. The number of carbonyl (C=O) groups is 1. The summed E-state index contributed by atoms with van der Waals surface area (Å²) in [5.41, 5.74) is 0.993. The van der Waals surface area contributed by atoms with Crippen LogP contribution in [0.2, 0.25) is 0 Å². The molecule has 0 aliphatic carbocycles. The third-order valence-electron chi connectivity index (χ3n) is 3.58. The molecule has 3 nitrogen and oxygen atoms in total. The van der Waals surface area contributed by atoms with Crippen molar-refractivity contribution in [1.82, 2.24) is 4.98 Å². The monoisotopic (exact) mass is 323 g/mol. The standard InChI is InChI=1S/C17H16F3NO2/c1-10-4-5-12(8-14(10)23-3)16(11(2)22)13-6-7-15(21-9-13)17(18,19)20/h4-9,16H,1-3H3. The van der Waals surface area contributed by atoms with Crippen LogP contribution < -0.4 is 4.74 Å². The van der Waals surface area contributed by atoms with E-state index in [4.69, 9.17) is 4.74 Å². The molecule has 2 aromatic rings. The molecular weight excluding hydrogens is 307 g/mol. The maximum Gasteiger partial charge on any atom is 0.433 e. The third kappa shape index (κ3) is 3.70. The fourth-order valence-corrected chi connectivity index (χ4v) is 2.42. The number of aryl methyl sites for hydroxylation is 1. The number of ether oxygens (including phenoxy) is 1. The average molecular weight is 323 g/mol. The molecule has 0 spiro atoms. The third-order valence-corrected chi connectivity index (χ3v) is 3.58. The van der Waals surface area contributed by atoms with E-state index in [1.54, 1.807) is 12.1 Å². The lowest BCUT2D eigenvalue weighted by atomic mass is 9.88. The number of pyridine rings is 1. The van der Waals surface area contributed by atoms with Crippen molar-refractivity contribution < 1.29 is 22.7 Å². The number of benzene rings is 1. The highest BCUT2D eigenvalue weighted by Crippen LogP contribution is 2.32. The van der Waals surface area contributed by atoms with E-state index in [1.165, 1.54) is 20.1 Å². The first-order valence-corrected chi connectivity index (χ1v) is 6.92. The van der Waals surface area contributed by atoms with Crippen LogP contribution >= 0.6 is 0 Å². The average Bonchev–Trinajstić information content (AvgIpc) is 2.48. The Morgan fingerprint density at radius 1 is 1.17 bits per heavy atom. The van der Waals surface area contributed by atoms with Gasteiger partial charge in [-0.15, -0.1) is 0 Å². The van der Waals surface area contributed by atoms with Crippen molar-refractivity contribution in [2.75, 3.05) is 7.11 Å². The second-order valence-corrected chi connectivity index (χ2v) is 5.25. The number of rotatable bonds is 4. The maximum atomic E-state index is 12.6. The number of methoxy groups -OCH3 is 1. The number of aromatic nitrogens is 1. The quantitative estimate of drug-likeness (QED) is 0.849. The molecule has 0 saturated carbocycles. The number of hydrogen-bond acceptors (Lipinski definition) is 3. The first-order valence-electron chi connectivity index (χ1n) is 6.92. The predicted molar refractivity (Wildman–Crippen MR) is 79.5 cm³/mol. The summed E-state index contributed by atoms with van der Waals surface area (Å²) < 4.78 is 43.0. The fourth-order valence-electron chi connectivity index (χ4n) is 2.42. The zero-order valence-corrected chi connectivity index (χ0v) is 12.9. The zero-order chi connectivity index (χ0) is 17.2. The van der Waals surface area contributed by atoms with Crippen molar-refractivity contribution in [3.63, 3.8) is 0 Å². The molecule has 6 heteroatoms. The van der Waals surface area contributed by atoms with Gasteiger partial charge in [0, 0.05) is 6.20 Å². The van der Waals surface area contributed by atoms with Crippen LogP contribution in [-0.4, -0.2) is 17.9 Å². The number of alkyl halides is 3. The van der Waals surface area contributed by atoms with Gasteiger partial charge in [-0.3, -0.25) is 9.78 Å². The van der Waals surface area contributed by atoms with Crippen molar-refractivity contribution in [3.8, 4) is 5.75 Å². The van der Waals surface area contributed by atoms with Crippen LogP contribution in [0.5, 0.6) is 5.75 Å². The van der Waals surface area contributed by atoms with Gasteiger partial charge in [0.1, 0.15) is 17.2 Å². The predicted octanol–water partition coefficient (Wildman–Crippen LogP) is 4.14. The normalized spacial score (nSPS) is 12.8. The highest BCUT2D eigenvalue weighted by atomic mass is 19.4. The molecule has 23 heavy (non-hydrogen) atoms. The highest BCUT2D eigenvalue weighted by molar-refractivity contribution is 5.87. The second-order valence-electron chi connectivity index (χ2n) is 5.25. The SMILES string of the molecule is COc1cc(C(C(C)=O)c2ccc(C(F)(F)F)nc2)ccc1C. The lowest BCUT2D eigenvalue weighted by molar-refractivity contribution is -0.141. The number of Topliss-reactive ketones (excluding diaryl/α,β-unsaturated/α-hetero) is 1. The zero-order valence-electron chi connectivity index (χ0n) is 12.9. The van der Waals surface area contributed by atoms with E-state index < -0.39 is 17.8 Å². The van der Waals surface area contributed by atoms with Gasteiger partial charge >= 0.3 is 6.18 Å². The van der Waals surface area contributed by atoms with Crippen molar-refractivity contribution in [2.24, 2.45) is 0 Å². The van der Waals surface area contributed by atoms with E-state index >= 15 is 0 Å². The summed E-state index contributed by atoms with van der Waals surface area (Å²) in [5.74, 6) is -0.245. The first-order chi connectivity index (χ1) is 10.7. The van der Waals surface area contributed by atoms with Gasteiger partial charge in [-0.25, -0.2) is 0 Å². The Bertz CT molecular complexity index is 709. The summed E-state index contributed by atoms with van der Waals surface area (Å²) in [7, 11) is 1.52. The van der Waals surface area contributed by atoms with E-state index in [2.05, 4.69) is 4.98 Å². The second kappa shape index (κ2) is 6.40. The minimum Gasteiger partial charge on any atom is -0.496 e. The number of nitrogens with zero attached hydrogens (tertiary/aromatic N) is 1. The number of halogens is 3. The van der Waals surface area contributed by atoms with Gasteiger partial charge in [-0.05, 0) is 42.7 Å². The molecule has 0 fully saturated rings. The van der Waals surface area contributed by atoms with E-state index in [-0.39, 0.29) is 5.78 Å². The Morgan fingerprint density at radius 2 is 1.83 bits per heavy atom. The molecule has 0 aliphatic rings. The molecule has 0 N–H and O–H groups in total. The Hall–Kier alpha value is -2.37. The lowest BCUT2D eigenvalue weighted by Crippen LogP contribution is -2.13. The lowest BCUT2D eigenvalue weighted by Gasteiger charge is -2.17. The van der Waals surface area contributed by atoms with Crippen LogP contribution in [0, 0.1) is 6.92 Å². The van der Waals surface area contributed by atoms with Gasteiger partial charge in [0.2, 0.25) is 0 Å². The van der Waals surface area contributed by atoms with Crippen molar-refractivity contribution in [2.45, 2.75) is 25.9 Å². The summed E-state index contributed by atoms with van der Waals surface area (Å²) in [4.78, 5) is 15.5. The van der Waals surface area contributed by atoms with Crippen molar-refractivity contribution in [1.29, 1.82) is 0 Å². The minimum atomic E-state index is -4.50. The summed E-state index contributed by atoms with van der Waals surface area (Å²) >= 11 is 0. The van der Waals surface area contributed by atoms with E-state index in [0.717, 1.165) is 17.8 Å².